The van der Waals surface area contributed by atoms with Gasteiger partial charge in [0.05, 0.1) is 7.11 Å². The Morgan fingerprint density at radius 2 is 1.84 bits per heavy atom. The van der Waals surface area contributed by atoms with Crippen molar-refractivity contribution in [1.82, 2.24) is 5.32 Å². The van der Waals surface area contributed by atoms with E-state index in [1.54, 1.807) is 7.11 Å². The van der Waals surface area contributed by atoms with Gasteiger partial charge in [-0.15, -0.1) is 0 Å². The maximum absolute atomic E-state index is 5.79. The summed E-state index contributed by atoms with van der Waals surface area (Å²) < 4.78 is 5.45. The average molecular weight is 264 g/mol. The number of hydrogen-bond donors (Lipinski definition) is 2. The fourth-order valence-corrected chi connectivity index (χ4v) is 2.16. The molecule has 1 atom stereocenters. The maximum atomic E-state index is 5.79. The highest BCUT2D eigenvalue weighted by molar-refractivity contribution is 5.41. The first kappa shape index (κ1) is 16.0. The molecule has 0 heterocycles. The summed E-state index contributed by atoms with van der Waals surface area (Å²) in [6.07, 6.45) is 0. The maximum Gasteiger partial charge on any atom is 0.123 e. The van der Waals surface area contributed by atoms with Gasteiger partial charge in [0.2, 0.25) is 0 Å². The number of benzene rings is 1. The molecule has 0 saturated carbocycles. The van der Waals surface area contributed by atoms with E-state index in [2.05, 4.69) is 45.1 Å². The van der Waals surface area contributed by atoms with E-state index in [0.29, 0.717) is 11.8 Å². The Balaban J connectivity index is 2.64. The van der Waals surface area contributed by atoms with Crippen LogP contribution in [0.25, 0.3) is 0 Å². The van der Waals surface area contributed by atoms with Crippen molar-refractivity contribution in [3.63, 3.8) is 0 Å². The second kappa shape index (κ2) is 7.51. The topological polar surface area (TPSA) is 47.3 Å². The summed E-state index contributed by atoms with van der Waals surface area (Å²) in [5.41, 5.74) is 9.57. The Kier molecular flexibility index (Phi) is 6.32. The van der Waals surface area contributed by atoms with Crippen LogP contribution in [0, 0.1) is 25.7 Å². The minimum atomic E-state index is 0.526. The molecule has 0 spiro atoms. The molecule has 1 rings (SSSR count). The van der Waals surface area contributed by atoms with Crippen LogP contribution in [0.15, 0.2) is 12.1 Å². The Bertz CT molecular complexity index is 402. The molecule has 3 heteroatoms. The second-order valence-electron chi connectivity index (χ2n) is 5.62. The Hall–Kier alpha value is -1.06. The van der Waals surface area contributed by atoms with Crippen molar-refractivity contribution in [3.05, 3.63) is 28.8 Å². The predicted molar refractivity (Wildman–Crippen MR) is 81.6 cm³/mol. The van der Waals surface area contributed by atoms with Crippen LogP contribution in [0.1, 0.15) is 30.5 Å². The number of ether oxygens (including phenoxy) is 1. The molecule has 19 heavy (non-hydrogen) atoms. The molecular weight excluding hydrogens is 236 g/mol. The van der Waals surface area contributed by atoms with E-state index in [1.807, 2.05) is 0 Å². The molecule has 3 nitrogen and oxygen atoms in total. The van der Waals surface area contributed by atoms with Crippen LogP contribution in [0.4, 0.5) is 0 Å². The highest BCUT2D eigenvalue weighted by atomic mass is 16.5. The van der Waals surface area contributed by atoms with E-state index < -0.39 is 0 Å². The van der Waals surface area contributed by atoms with E-state index in [1.165, 1.54) is 16.7 Å². The van der Waals surface area contributed by atoms with Gasteiger partial charge in [0.15, 0.2) is 0 Å². The zero-order valence-corrected chi connectivity index (χ0v) is 12.9. The molecule has 0 bridgehead atoms. The van der Waals surface area contributed by atoms with Crippen LogP contribution in [0.2, 0.25) is 0 Å². The van der Waals surface area contributed by atoms with E-state index in [0.717, 1.165) is 25.4 Å². The first-order valence-electron chi connectivity index (χ1n) is 7.04. The molecule has 3 N–H and O–H groups in total. The molecular formula is C16H28N2O. The lowest BCUT2D eigenvalue weighted by atomic mass is 9.96. The van der Waals surface area contributed by atoms with Gasteiger partial charge < -0.3 is 15.8 Å². The van der Waals surface area contributed by atoms with Gasteiger partial charge in [-0.1, -0.05) is 19.9 Å². The van der Waals surface area contributed by atoms with Crippen molar-refractivity contribution in [2.75, 3.05) is 20.2 Å². The van der Waals surface area contributed by atoms with E-state index in [9.17, 15) is 0 Å². The smallest absolute Gasteiger partial charge is 0.123 e. The molecule has 0 radical (unpaired) electrons. The van der Waals surface area contributed by atoms with Crippen molar-refractivity contribution in [1.29, 1.82) is 0 Å². The second-order valence-corrected chi connectivity index (χ2v) is 5.62. The lowest BCUT2D eigenvalue weighted by Crippen LogP contribution is -2.31. The fraction of sp³-hybridized carbons (Fsp3) is 0.625. The Morgan fingerprint density at radius 3 is 2.37 bits per heavy atom. The third-order valence-corrected chi connectivity index (χ3v) is 3.86. The third-order valence-electron chi connectivity index (χ3n) is 3.86. The molecule has 0 saturated heterocycles. The summed E-state index contributed by atoms with van der Waals surface area (Å²) in [5, 5.41) is 3.50. The monoisotopic (exact) mass is 264 g/mol. The quantitative estimate of drug-likeness (QED) is 0.796. The van der Waals surface area contributed by atoms with Gasteiger partial charge in [0.25, 0.3) is 0 Å². The predicted octanol–water partition coefficient (Wildman–Crippen LogP) is 2.63. The van der Waals surface area contributed by atoms with Crippen LogP contribution in [0.5, 0.6) is 5.75 Å². The van der Waals surface area contributed by atoms with Crippen molar-refractivity contribution in [2.45, 2.75) is 34.2 Å². The zero-order valence-electron chi connectivity index (χ0n) is 12.9. The molecule has 0 amide bonds. The number of nitrogens with two attached hydrogens (primary N) is 1. The Morgan fingerprint density at radius 1 is 1.21 bits per heavy atom. The van der Waals surface area contributed by atoms with E-state index >= 15 is 0 Å². The van der Waals surface area contributed by atoms with Gasteiger partial charge in [-0.3, -0.25) is 0 Å². The van der Waals surface area contributed by atoms with Gasteiger partial charge >= 0.3 is 0 Å². The van der Waals surface area contributed by atoms with Gasteiger partial charge in [-0.05, 0) is 56.0 Å². The van der Waals surface area contributed by atoms with E-state index in [-0.39, 0.29) is 0 Å². The number of hydrogen-bond acceptors (Lipinski definition) is 3. The van der Waals surface area contributed by atoms with E-state index in [4.69, 9.17) is 10.5 Å². The van der Waals surface area contributed by atoms with Gasteiger partial charge in [0, 0.05) is 12.1 Å². The summed E-state index contributed by atoms with van der Waals surface area (Å²) >= 11 is 0. The van der Waals surface area contributed by atoms with Crippen LogP contribution in [-0.2, 0) is 6.54 Å². The van der Waals surface area contributed by atoms with Crippen LogP contribution in [-0.4, -0.2) is 20.2 Å². The summed E-state index contributed by atoms with van der Waals surface area (Å²) in [7, 11) is 1.73. The fourth-order valence-electron chi connectivity index (χ4n) is 2.16. The van der Waals surface area contributed by atoms with Crippen LogP contribution in [0.3, 0.4) is 0 Å². The first-order valence-corrected chi connectivity index (χ1v) is 7.04. The lowest BCUT2D eigenvalue weighted by Gasteiger charge is -2.20. The number of methoxy groups -OCH3 is 1. The molecule has 1 aromatic carbocycles. The number of rotatable bonds is 7. The molecule has 1 aromatic rings. The molecule has 108 valence electrons. The average Bonchev–Trinajstić information content (AvgIpc) is 2.37. The lowest BCUT2D eigenvalue weighted by molar-refractivity contribution is 0.366. The van der Waals surface area contributed by atoms with Crippen molar-refractivity contribution < 1.29 is 4.74 Å². The van der Waals surface area contributed by atoms with Gasteiger partial charge in [-0.2, -0.15) is 0 Å². The largest absolute Gasteiger partial charge is 0.496 e. The summed E-state index contributed by atoms with van der Waals surface area (Å²) in [6, 6.07) is 4.31. The summed E-state index contributed by atoms with van der Waals surface area (Å²) in [6.45, 7) is 11.2. The molecule has 0 fully saturated rings. The normalized spacial score (nSPS) is 12.8. The Labute approximate surface area is 117 Å². The van der Waals surface area contributed by atoms with Crippen molar-refractivity contribution in [2.24, 2.45) is 17.6 Å². The minimum Gasteiger partial charge on any atom is -0.496 e. The molecule has 0 aliphatic carbocycles. The molecule has 0 aliphatic heterocycles. The molecule has 1 unspecified atom stereocenters. The third kappa shape index (κ3) is 4.51. The van der Waals surface area contributed by atoms with Gasteiger partial charge in [-0.25, -0.2) is 0 Å². The summed E-state index contributed by atoms with van der Waals surface area (Å²) in [4.78, 5) is 0. The minimum absolute atomic E-state index is 0.526. The SMILES string of the molecule is COc1cc(C)c(C)cc1CNCC(CN)C(C)C. The molecule has 0 aromatic heterocycles. The number of aryl methyl sites for hydroxylation is 2. The zero-order chi connectivity index (χ0) is 14.4. The van der Waals surface area contributed by atoms with Gasteiger partial charge in [0.1, 0.15) is 5.75 Å². The van der Waals surface area contributed by atoms with Crippen LogP contribution < -0.4 is 15.8 Å². The van der Waals surface area contributed by atoms with Crippen LogP contribution >= 0.6 is 0 Å². The molecule has 0 aliphatic rings. The standard InChI is InChI=1S/C16H28N2O/c1-11(2)15(8-17)10-18-9-14-6-12(3)13(4)7-16(14)19-5/h6-7,11,15,18H,8-10,17H2,1-5H3. The highest BCUT2D eigenvalue weighted by Crippen LogP contribution is 2.23. The summed E-state index contributed by atoms with van der Waals surface area (Å²) in [5.74, 6) is 2.10. The van der Waals surface area contributed by atoms with Crippen molar-refractivity contribution >= 4 is 0 Å². The first-order chi connectivity index (χ1) is 8.99. The number of nitrogens with one attached hydrogen (secondary N) is 1. The van der Waals surface area contributed by atoms with Crippen molar-refractivity contribution in [3.8, 4) is 5.75 Å². The highest BCUT2D eigenvalue weighted by Gasteiger charge is 2.11.